The molecule has 3 aliphatic rings. The number of hydrogen-bond donors (Lipinski definition) is 2. The molecule has 1 saturated heterocycles. The number of hydrogen-bond acceptors (Lipinski definition) is 4. The van der Waals surface area contributed by atoms with Crippen LogP contribution in [0.25, 0.3) is 5.57 Å². The fourth-order valence-corrected chi connectivity index (χ4v) is 6.86. The minimum atomic E-state index is -4.51. The highest BCUT2D eigenvalue weighted by Crippen LogP contribution is 2.40. The summed E-state index contributed by atoms with van der Waals surface area (Å²) >= 11 is 3.36. The molecule has 3 aromatic rings. The van der Waals surface area contributed by atoms with Gasteiger partial charge in [0.1, 0.15) is 11.6 Å². The SMILES string of the molecule is O=C(C1=C(c2ccc(CCCOc3cc(F)ccc3Br)cc2)C[C@@H]2CNC[C@H]1N2C(=O)O)N(Cc1cccc(C(F)(F)F)c1)C1CC1. The number of benzene rings is 3. The van der Waals surface area contributed by atoms with Crippen molar-refractivity contribution in [1.82, 2.24) is 15.1 Å². The summed E-state index contributed by atoms with van der Waals surface area (Å²) in [6.45, 7) is 1.09. The van der Waals surface area contributed by atoms with E-state index in [0.717, 1.165) is 41.7 Å². The minimum Gasteiger partial charge on any atom is -0.492 e. The number of nitrogens with zero attached hydrogens (tertiary/aromatic N) is 2. The van der Waals surface area contributed by atoms with Crippen molar-refractivity contribution in [1.29, 1.82) is 0 Å². The third kappa shape index (κ3) is 7.49. The van der Waals surface area contributed by atoms with Gasteiger partial charge in [-0.1, -0.05) is 36.4 Å². The maximum atomic E-state index is 14.5. The maximum absolute atomic E-state index is 14.5. The highest BCUT2D eigenvalue weighted by molar-refractivity contribution is 9.10. The van der Waals surface area contributed by atoms with E-state index in [1.807, 2.05) is 24.3 Å². The van der Waals surface area contributed by atoms with Crippen LogP contribution in [0.15, 0.2) is 76.8 Å². The van der Waals surface area contributed by atoms with Gasteiger partial charge in [-0.05, 0) is 94.6 Å². The zero-order valence-electron chi connectivity index (χ0n) is 25.4. The first-order chi connectivity index (χ1) is 22.5. The Balaban J connectivity index is 1.26. The molecule has 2 bridgehead atoms. The largest absolute Gasteiger partial charge is 0.492 e. The smallest absolute Gasteiger partial charge is 0.416 e. The van der Waals surface area contributed by atoms with Gasteiger partial charge in [-0.25, -0.2) is 9.18 Å². The molecule has 2 atom stereocenters. The summed E-state index contributed by atoms with van der Waals surface area (Å²) in [5.74, 6) is -0.287. The van der Waals surface area contributed by atoms with Crippen LogP contribution in [0.1, 0.15) is 47.9 Å². The number of ether oxygens (including phenoxy) is 1. The van der Waals surface area contributed by atoms with Crippen LogP contribution in [0.2, 0.25) is 0 Å². The van der Waals surface area contributed by atoms with Crippen molar-refractivity contribution >= 4 is 33.5 Å². The van der Waals surface area contributed by atoms with E-state index in [1.165, 1.54) is 23.1 Å². The second-order valence-corrected chi connectivity index (χ2v) is 13.1. The molecular formula is C35H34BrF4N3O4. The number of amides is 2. The van der Waals surface area contributed by atoms with E-state index in [0.29, 0.717) is 53.8 Å². The van der Waals surface area contributed by atoms with Gasteiger partial charge >= 0.3 is 12.3 Å². The highest BCUT2D eigenvalue weighted by Gasteiger charge is 2.46. The topological polar surface area (TPSA) is 82.1 Å². The van der Waals surface area contributed by atoms with Crippen molar-refractivity contribution < 1.29 is 37.0 Å². The Labute approximate surface area is 278 Å². The number of carboxylic acid groups (broad SMARTS) is 1. The number of fused-ring (bicyclic) bond motifs is 2. The second-order valence-electron chi connectivity index (χ2n) is 12.2. The quantitative estimate of drug-likeness (QED) is 0.170. The zero-order valence-corrected chi connectivity index (χ0v) is 27.0. The van der Waals surface area contributed by atoms with Crippen LogP contribution >= 0.6 is 15.9 Å². The number of carbonyl (C=O) groups excluding carboxylic acids is 1. The van der Waals surface area contributed by atoms with Crippen molar-refractivity contribution in [3.8, 4) is 5.75 Å². The van der Waals surface area contributed by atoms with Crippen molar-refractivity contribution in [3.05, 3.63) is 105 Å². The summed E-state index contributed by atoms with van der Waals surface area (Å²) in [4.78, 5) is 29.9. The molecule has 2 heterocycles. The van der Waals surface area contributed by atoms with Gasteiger partial charge in [-0.3, -0.25) is 9.69 Å². The second kappa shape index (κ2) is 13.7. The number of halogens is 5. The molecule has 0 aromatic heterocycles. The summed E-state index contributed by atoms with van der Waals surface area (Å²) in [7, 11) is 0. The van der Waals surface area contributed by atoms with Crippen LogP contribution in [0, 0.1) is 5.82 Å². The lowest BCUT2D eigenvalue weighted by atomic mass is 9.81. The van der Waals surface area contributed by atoms with Gasteiger partial charge in [0, 0.05) is 37.3 Å². The number of rotatable bonds is 10. The summed E-state index contributed by atoms with van der Waals surface area (Å²) in [5.41, 5.74) is 2.58. The van der Waals surface area contributed by atoms with E-state index < -0.39 is 23.9 Å². The van der Waals surface area contributed by atoms with Crippen LogP contribution < -0.4 is 10.1 Å². The van der Waals surface area contributed by atoms with E-state index in [4.69, 9.17) is 4.74 Å². The fourth-order valence-electron chi connectivity index (χ4n) is 6.50. The van der Waals surface area contributed by atoms with Crippen molar-refractivity contribution in [2.45, 2.75) is 63.0 Å². The Hall–Kier alpha value is -3.90. The summed E-state index contributed by atoms with van der Waals surface area (Å²) < 4.78 is 60.3. The first kappa shape index (κ1) is 33.0. The van der Waals surface area contributed by atoms with Crippen molar-refractivity contribution in [2.75, 3.05) is 19.7 Å². The summed E-state index contributed by atoms with van der Waals surface area (Å²) in [5, 5.41) is 13.4. The molecule has 0 spiro atoms. The number of piperazine rings is 1. The maximum Gasteiger partial charge on any atom is 0.416 e. The van der Waals surface area contributed by atoms with Gasteiger partial charge in [0.25, 0.3) is 5.91 Å². The van der Waals surface area contributed by atoms with E-state index >= 15 is 0 Å². The molecule has 6 rings (SSSR count). The number of nitrogens with one attached hydrogen (secondary N) is 1. The monoisotopic (exact) mass is 715 g/mol. The van der Waals surface area contributed by atoms with Crippen LogP contribution in [0.5, 0.6) is 5.75 Å². The molecule has 2 fully saturated rings. The van der Waals surface area contributed by atoms with E-state index in [2.05, 4.69) is 21.2 Å². The zero-order chi connectivity index (χ0) is 33.3. The Morgan fingerprint density at radius 3 is 2.49 bits per heavy atom. The lowest BCUT2D eigenvalue weighted by Gasteiger charge is -2.47. The first-order valence-corrected chi connectivity index (χ1v) is 16.4. The lowest BCUT2D eigenvalue weighted by molar-refractivity contribution is -0.137. The molecule has 1 saturated carbocycles. The van der Waals surface area contributed by atoms with E-state index in [-0.39, 0.29) is 36.9 Å². The van der Waals surface area contributed by atoms with E-state index in [9.17, 15) is 32.3 Å². The normalized spacial score (nSPS) is 19.5. The van der Waals surface area contributed by atoms with Crippen LogP contribution in [-0.2, 0) is 23.9 Å². The third-order valence-corrected chi connectivity index (χ3v) is 9.57. The molecule has 12 heteroatoms. The Morgan fingerprint density at radius 1 is 1.02 bits per heavy atom. The molecule has 0 unspecified atom stereocenters. The van der Waals surface area contributed by atoms with Gasteiger partial charge in [0.05, 0.1) is 28.7 Å². The molecule has 2 amide bonds. The predicted molar refractivity (Wildman–Crippen MR) is 171 cm³/mol. The standard InChI is InChI=1S/C35H34BrF4N3O4/c36-29-13-10-25(37)16-31(29)47-14-2-4-21-6-8-23(9-7-21)28-17-27-18-41-19-30(43(27)34(45)46)32(28)33(44)42(26-11-12-26)20-22-3-1-5-24(15-22)35(38,39)40/h1,3,5-10,13,15-16,26-27,30,41H,2,4,11-12,14,17-20H2,(H,45,46)/t27-,30-/m1/s1. The third-order valence-electron chi connectivity index (χ3n) is 8.91. The Morgan fingerprint density at radius 2 is 1.79 bits per heavy atom. The van der Waals surface area contributed by atoms with Gasteiger partial charge < -0.3 is 20.1 Å². The highest BCUT2D eigenvalue weighted by atomic mass is 79.9. The van der Waals surface area contributed by atoms with Crippen LogP contribution in [0.4, 0.5) is 22.4 Å². The van der Waals surface area contributed by atoms with E-state index in [1.54, 1.807) is 17.0 Å². The number of aryl methyl sites for hydroxylation is 1. The lowest BCUT2D eigenvalue weighted by Crippen LogP contribution is -2.63. The number of carbonyl (C=O) groups is 2. The van der Waals surface area contributed by atoms with Crippen molar-refractivity contribution in [3.63, 3.8) is 0 Å². The van der Waals surface area contributed by atoms with Gasteiger partial charge in [-0.2, -0.15) is 13.2 Å². The Bertz CT molecular complexity index is 1680. The molecule has 248 valence electrons. The summed E-state index contributed by atoms with van der Waals surface area (Å²) in [6.07, 6.45) is -2.44. The molecule has 7 nitrogen and oxygen atoms in total. The molecule has 2 N–H and O–H groups in total. The van der Waals surface area contributed by atoms with Crippen LogP contribution in [-0.4, -0.2) is 64.7 Å². The average Bonchev–Trinajstić information content (AvgIpc) is 3.88. The fraction of sp³-hybridized carbons (Fsp3) is 0.371. The van der Waals surface area contributed by atoms with Crippen molar-refractivity contribution in [2.24, 2.45) is 0 Å². The molecule has 3 aromatic carbocycles. The summed E-state index contributed by atoms with van der Waals surface area (Å²) in [6, 6.07) is 15.9. The van der Waals surface area contributed by atoms with Gasteiger partial charge in [-0.15, -0.1) is 0 Å². The molecule has 1 aliphatic carbocycles. The Kier molecular flexibility index (Phi) is 9.61. The van der Waals surface area contributed by atoms with Gasteiger partial charge in [0.2, 0.25) is 0 Å². The predicted octanol–water partition coefficient (Wildman–Crippen LogP) is 7.29. The molecular weight excluding hydrogens is 682 g/mol. The first-order valence-electron chi connectivity index (χ1n) is 15.6. The number of alkyl halides is 3. The minimum absolute atomic E-state index is 0.00590. The van der Waals surface area contributed by atoms with Crippen LogP contribution in [0.3, 0.4) is 0 Å². The average molecular weight is 717 g/mol. The molecule has 47 heavy (non-hydrogen) atoms. The molecule has 0 radical (unpaired) electrons. The van der Waals surface area contributed by atoms with Gasteiger partial charge in [0.15, 0.2) is 0 Å². The molecule has 2 aliphatic heterocycles.